The zero-order valence-electron chi connectivity index (χ0n) is 14.9. The summed E-state index contributed by atoms with van der Waals surface area (Å²) in [6.07, 6.45) is 3.61. The molecule has 0 amide bonds. The van der Waals surface area contributed by atoms with Crippen LogP contribution < -0.4 is 15.6 Å². The molecule has 25 heavy (non-hydrogen) atoms. The van der Waals surface area contributed by atoms with Crippen molar-refractivity contribution in [3.63, 3.8) is 0 Å². The number of nitrogens with zero attached hydrogens (tertiary/aromatic N) is 2. The predicted molar refractivity (Wildman–Crippen MR) is 103 cm³/mol. The third-order valence-electron chi connectivity index (χ3n) is 4.33. The molecule has 0 radical (unpaired) electrons. The number of hydrogen-bond acceptors (Lipinski definition) is 4. The summed E-state index contributed by atoms with van der Waals surface area (Å²) in [5, 5.41) is 1.63. The summed E-state index contributed by atoms with van der Waals surface area (Å²) >= 11 is 0. The maximum atomic E-state index is 6.09. The smallest absolute Gasteiger partial charge is 0.122 e. The molecule has 3 aromatic rings. The number of nitrogens with two attached hydrogens (primary N) is 1. The fourth-order valence-electron chi connectivity index (χ4n) is 2.89. The molecule has 128 valence electrons. The first-order chi connectivity index (χ1) is 12.1. The molecule has 0 aliphatic carbocycles. The number of anilines is 1. The maximum Gasteiger partial charge on any atom is 0.122 e. The minimum Gasteiger partial charge on any atom is -0.489 e. The van der Waals surface area contributed by atoms with Crippen molar-refractivity contribution in [1.29, 1.82) is 0 Å². The molecular formula is C21H23N3O. The molecule has 2 N–H and O–H groups in total. The van der Waals surface area contributed by atoms with Crippen molar-refractivity contribution >= 4 is 5.69 Å². The van der Waals surface area contributed by atoms with Crippen LogP contribution in [0.2, 0.25) is 0 Å². The van der Waals surface area contributed by atoms with Crippen LogP contribution in [-0.4, -0.2) is 12.0 Å². The van der Waals surface area contributed by atoms with Gasteiger partial charge < -0.3 is 9.75 Å². The molecule has 0 saturated carbocycles. The van der Waals surface area contributed by atoms with Gasteiger partial charge in [0.15, 0.2) is 0 Å². The van der Waals surface area contributed by atoms with Crippen molar-refractivity contribution < 1.29 is 4.74 Å². The van der Waals surface area contributed by atoms with Crippen LogP contribution in [0.1, 0.15) is 16.7 Å². The van der Waals surface area contributed by atoms with Gasteiger partial charge in [0.2, 0.25) is 0 Å². The first-order valence-electron chi connectivity index (χ1n) is 8.27. The quantitative estimate of drug-likeness (QED) is 0.560. The van der Waals surface area contributed by atoms with Gasteiger partial charge in [-0.25, -0.2) is 5.84 Å². The molecule has 0 atom stereocenters. The third kappa shape index (κ3) is 3.80. The van der Waals surface area contributed by atoms with Crippen molar-refractivity contribution in [2.75, 3.05) is 12.1 Å². The van der Waals surface area contributed by atoms with Crippen LogP contribution in [0.15, 0.2) is 60.9 Å². The predicted octanol–water partition coefficient (Wildman–Crippen LogP) is 4.25. The summed E-state index contributed by atoms with van der Waals surface area (Å²) in [4.78, 5) is 4.07. The van der Waals surface area contributed by atoms with Gasteiger partial charge in [0.1, 0.15) is 12.4 Å². The normalized spacial score (nSPS) is 10.6. The monoisotopic (exact) mass is 333 g/mol. The van der Waals surface area contributed by atoms with Crippen LogP contribution in [0.3, 0.4) is 0 Å². The lowest BCUT2D eigenvalue weighted by atomic mass is 10.0. The van der Waals surface area contributed by atoms with Crippen molar-refractivity contribution in [3.8, 4) is 16.9 Å². The number of ether oxygens (including phenoxy) is 1. The van der Waals surface area contributed by atoms with Gasteiger partial charge >= 0.3 is 0 Å². The Hall–Kier alpha value is -2.85. The topological polar surface area (TPSA) is 51.4 Å². The van der Waals surface area contributed by atoms with Crippen LogP contribution in [0.4, 0.5) is 5.69 Å². The van der Waals surface area contributed by atoms with Crippen LogP contribution in [0, 0.1) is 13.8 Å². The first-order valence-corrected chi connectivity index (χ1v) is 8.27. The average molecular weight is 333 g/mol. The summed E-state index contributed by atoms with van der Waals surface area (Å²) in [7, 11) is 1.84. The molecule has 4 nitrogen and oxygen atoms in total. The lowest BCUT2D eigenvalue weighted by Crippen LogP contribution is -2.26. The number of benzene rings is 2. The van der Waals surface area contributed by atoms with Gasteiger partial charge in [-0.1, -0.05) is 18.2 Å². The molecule has 0 fully saturated rings. The van der Waals surface area contributed by atoms with E-state index in [1.54, 1.807) is 17.4 Å². The summed E-state index contributed by atoms with van der Waals surface area (Å²) in [6.45, 7) is 4.62. The van der Waals surface area contributed by atoms with Crippen molar-refractivity contribution in [1.82, 2.24) is 4.98 Å². The third-order valence-corrected chi connectivity index (χ3v) is 4.33. The van der Waals surface area contributed by atoms with Crippen LogP contribution in [0.5, 0.6) is 5.75 Å². The van der Waals surface area contributed by atoms with Crippen molar-refractivity contribution in [3.05, 3.63) is 77.6 Å². The fraction of sp³-hybridized carbons (Fsp3) is 0.190. The van der Waals surface area contributed by atoms with E-state index in [0.717, 1.165) is 33.7 Å². The Morgan fingerprint density at radius 3 is 2.40 bits per heavy atom. The average Bonchev–Trinajstić information content (AvgIpc) is 2.62. The molecule has 4 heteroatoms. The molecule has 1 aromatic heterocycles. The molecule has 3 rings (SSSR count). The van der Waals surface area contributed by atoms with Gasteiger partial charge in [-0.2, -0.15) is 0 Å². The first kappa shape index (κ1) is 17.0. The van der Waals surface area contributed by atoms with Gasteiger partial charge in [-0.05, 0) is 66.4 Å². The zero-order chi connectivity index (χ0) is 17.8. The molecule has 0 unspecified atom stereocenters. The number of hydrazine groups is 1. The lowest BCUT2D eigenvalue weighted by Gasteiger charge is -2.20. The second kappa shape index (κ2) is 7.36. The highest BCUT2D eigenvalue weighted by atomic mass is 16.5. The highest BCUT2D eigenvalue weighted by Gasteiger charge is 2.10. The van der Waals surface area contributed by atoms with E-state index < -0.39 is 0 Å². The Morgan fingerprint density at radius 2 is 1.72 bits per heavy atom. The molecule has 0 aliphatic rings. The van der Waals surface area contributed by atoms with E-state index in [2.05, 4.69) is 37.0 Å². The summed E-state index contributed by atoms with van der Waals surface area (Å²) in [5.41, 5.74) is 6.66. The van der Waals surface area contributed by atoms with Crippen molar-refractivity contribution in [2.24, 2.45) is 5.84 Å². The fourth-order valence-corrected chi connectivity index (χ4v) is 2.89. The van der Waals surface area contributed by atoms with E-state index in [1.165, 1.54) is 5.56 Å². The molecular weight excluding hydrogens is 310 g/mol. The van der Waals surface area contributed by atoms with Crippen LogP contribution in [0.25, 0.3) is 11.1 Å². The minimum atomic E-state index is 0.485. The van der Waals surface area contributed by atoms with Gasteiger partial charge in [0.05, 0.1) is 5.69 Å². The number of hydrogen-bond donors (Lipinski definition) is 1. The molecule has 1 heterocycles. The molecule has 0 bridgehead atoms. The molecule has 0 saturated heterocycles. The highest BCUT2D eigenvalue weighted by Crippen LogP contribution is 2.28. The van der Waals surface area contributed by atoms with E-state index in [1.807, 2.05) is 37.4 Å². The van der Waals surface area contributed by atoms with E-state index in [0.29, 0.717) is 6.61 Å². The highest BCUT2D eigenvalue weighted by molar-refractivity contribution is 5.65. The van der Waals surface area contributed by atoms with E-state index in [-0.39, 0.29) is 0 Å². The second-order valence-electron chi connectivity index (χ2n) is 6.19. The Bertz CT molecular complexity index is 860. The Balaban J connectivity index is 1.81. The molecule has 0 spiro atoms. The Labute approximate surface area is 148 Å². The van der Waals surface area contributed by atoms with Crippen LogP contribution in [-0.2, 0) is 6.61 Å². The molecule has 2 aromatic carbocycles. The van der Waals surface area contributed by atoms with Gasteiger partial charge in [-0.15, -0.1) is 0 Å². The van der Waals surface area contributed by atoms with E-state index >= 15 is 0 Å². The largest absolute Gasteiger partial charge is 0.489 e. The van der Waals surface area contributed by atoms with E-state index in [9.17, 15) is 0 Å². The number of aryl methyl sites for hydroxylation is 2. The maximum absolute atomic E-state index is 6.09. The second-order valence-corrected chi connectivity index (χ2v) is 6.19. The number of rotatable bonds is 5. The Morgan fingerprint density at radius 1 is 0.960 bits per heavy atom. The van der Waals surface area contributed by atoms with Crippen LogP contribution >= 0.6 is 0 Å². The van der Waals surface area contributed by atoms with Gasteiger partial charge in [0.25, 0.3) is 0 Å². The lowest BCUT2D eigenvalue weighted by molar-refractivity contribution is 0.303. The van der Waals surface area contributed by atoms with Crippen molar-refractivity contribution in [2.45, 2.75) is 20.5 Å². The SMILES string of the molecule is Cc1cc(-c2ccncc2)ccc1OCc1c(C)cccc1N(C)N. The zero-order valence-corrected chi connectivity index (χ0v) is 14.9. The summed E-state index contributed by atoms with van der Waals surface area (Å²) < 4.78 is 6.09. The number of aromatic nitrogens is 1. The minimum absolute atomic E-state index is 0.485. The molecule has 0 aliphatic heterocycles. The number of pyridine rings is 1. The standard InChI is InChI=1S/C21H23N3O/c1-15-5-4-6-20(24(3)22)19(15)14-25-21-8-7-18(13-16(21)2)17-9-11-23-12-10-17/h4-13H,14,22H2,1-3H3. The van der Waals surface area contributed by atoms with E-state index in [4.69, 9.17) is 10.6 Å². The Kier molecular flexibility index (Phi) is 5.00. The summed E-state index contributed by atoms with van der Waals surface area (Å²) in [6, 6.07) is 16.3. The van der Waals surface area contributed by atoms with Gasteiger partial charge in [-0.3, -0.25) is 4.98 Å². The van der Waals surface area contributed by atoms with Gasteiger partial charge in [0, 0.05) is 25.0 Å². The summed E-state index contributed by atoms with van der Waals surface area (Å²) in [5.74, 6) is 6.82.